The lowest BCUT2D eigenvalue weighted by atomic mass is 10.1. The molecule has 0 bridgehead atoms. The summed E-state index contributed by atoms with van der Waals surface area (Å²) in [6, 6.07) is 4.53. The zero-order valence-electron chi connectivity index (χ0n) is 7.11. The summed E-state index contributed by atoms with van der Waals surface area (Å²) in [6.45, 7) is 0.00229. The molecule has 1 heterocycles. The molecule has 0 amide bonds. The van der Waals surface area contributed by atoms with E-state index in [9.17, 15) is 13.9 Å². The third kappa shape index (κ3) is 1.39. The Labute approximate surface area is 78.9 Å². The summed E-state index contributed by atoms with van der Waals surface area (Å²) in [5.41, 5.74) is 0.0648. The van der Waals surface area contributed by atoms with Crippen LogP contribution in [-0.4, -0.2) is 18.3 Å². The quantitative estimate of drug-likeness (QED) is 0.793. The highest BCUT2D eigenvalue weighted by Crippen LogP contribution is 2.39. The Morgan fingerprint density at radius 2 is 2.07 bits per heavy atom. The first-order valence-electron chi connectivity index (χ1n) is 4.05. The first-order chi connectivity index (χ1) is 6.70. The van der Waals surface area contributed by atoms with Gasteiger partial charge in [0.05, 0.1) is 0 Å². The van der Waals surface area contributed by atoms with Crippen LogP contribution in [0.2, 0.25) is 0 Å². The third-order valence-electron chi connectivity index (χ3n) is 1.98. The van der Waals surface area contributed by atoms with E-state index in [1.54, 1.807) is 6.07 Å². The molecule has 0 spiro atoms. The van der Waals surface area contributed by atoms with E-state index in [-0.39, 0.29) is 18.1 Å². The molecule has 1 aliphatic rings. The number of hydrogen-bond acceptors (Lipinski definition) is 3. The average Bonchev–Trinajstić information content (AvgIpc) is 2.63. The highest BCUT2D eigenvalue weighted by Gasteiger charge is 2.27. The summed E-state index contributed by atoms with van der Waals surface area (Å²) < 4.78 is 34.4. The lowest BCUT2D eigenvalue weighted by Gasteiger charge is -2.11. The second-order valence-electron chi connectivity index (χ2n) is 2.86. The van der Waals surface area contributed by atoms with Crippen molar-refractivity contribution in [2.24, 2.45) is 0 Å². The lowest BCUT2D eigenvalue weighted by molar-refractivity contribution is -0.00715. The number of benzene rings is 1. The van der Waals surface area contributed by atoms with Gasteiger partial charge in [0.1, 0.15) is 6.10 Å². The van der Waals surface area contributed by atoms with Crippen LogP contribution in [0.4, 0.5) is 8.78 Å². The number of ether oxygens (including phenoxy) is 2. The van der Waals surface area contributed by atoms with Gasteiger partial charge in [-0.2, -0.15) is 0 Å². The molecule has 0 saturated carbocycles. The van der Waals surface area contributed by atoms with Crippen molar-refractivity contribution in [3.63, 3.8) is 0 Å². The number of hydrogen-bond donors (Lipinski definition) is 1. The minimum atomic E-state index is -2.83. The molecule has 1 N–H and O–H groups in total. The van der Waals surface area contributed by atoms with Gasteiger partial charge in [-0.15, -0.1) is 0 Å². The Balaban J connectivity index is 2.39. The first-order valence-corrected chi connectivity index (χ1v) is 4.05. The van der Waals surface area contributed by atoms with Crippen molar-refractivity contribution < 1.29 is 23.4 Å². The molecular formula is C9H8F2O3. The van der Waals surface area contributed by atoms with E-state index < -0.39 is 12.5 Å². The van der Waals surface area contributed by atoms with Crippen LogP contribution in [-0.2, 0) is 0 Å². The zero-order valence-corrected chi connectivity index (χ0v) is 7.11. The normalized spacial score (nSPS) is 16.0. The maximum absolute atomic E-state index is 12.2. The molecular weight excluding hydrogens is 194 g/mol. The van der Waals surface area contributed by atoms with Crippen molar-refractivity contribution in [1.82, 2.24) is 0 Å². The number of fused-ring (bicyclic) bond motifs is 1. The van der Waals surface area contributed by atoms with Crippen molar-refractivity contribution >= 4 is 0 Å². The summed E-state index contributed by atoms with van der Waals surface area (Å²) >= 11 is 0. The number of halogens is 2. The van der Waals surface area contributed by atoms with E-state index in [0.29, 0.717) is 5.75 Å². The van der Waals surface area contributed by atoms with E-state index in [4.69, 9.17) is 9.47 Å². The van der Waals surface area contributed by atoms with Gasteiger partial charge in [-0.25, -0.2) is 8.78 Å². The highest BCUT2D eigenvalue weighted by molar-refractivity contribution is 5.49. The Hall–Kier alpha value is -1.36. The number of alkyl halides is 2. The minimum absolute atomic E-state index is 0.00229. The summed E-state index contributed by atoms with van der Waals surface area (Å²) in [4.78, 5) is 0. The van der Waals surface area contributed by atoms with Gasteiger partial charge < -0.3 is 14.6 Å². The topological polar surface area (TPSA) is 38.7 Å². The largest absolute Gasteiger partial charge is 0.454 e. The van der Waals surface area contributed by atoms with E-state index in [2.05, 4.69) is 0 Å². The van der Waals surface area contributed by atoms with Crippen molar-refractivity contribution in [3.8, 4) is 11.5 Å². The molecule has 0 radical (unpaired) electrons. The van der Waals surface area contributed by atoms with Crippen molar-refractivity contribution in [3.05, 3.63) is 23.8 Å². The summed E-state index contributed by atoms with van der Waals surface area (Å²) in [7, 11) is 0. The predicted molar refractivity (Wildman–Crippen MR) is 43.5 cm³/mol. The first kappa shape index (κ1) is 9.21. The van der Waals surface area contributed by atoms with Crippen molar-refractivity contribution in [1.29, 1.82) is 0 Å². The molecule has 0 aromatic heterocycles. The van der Waals surface area contributed by atoms with Gasteiger partial charge in [0, 0.05) is 5.56 Å². The highest BCUT2D eigenvalue weighted by atomic mass is 19.3. The summed E-state index contributed by atoms with van der Waals surface area (Å²) in [6.07, 6.45) is -4.66. The van der Waals surface area contributed by atoms with Crippen LogP contribution >= 0.6 is 0 Å². The maximum Gasteiger partial charge on any atom is 0.268 e. The van der Waals surface area contributed by atoms with Crippen LogP contribution in [0.1, 0.15) is 11.7 Å². The minimum Gasteiger partial charge on any atom is -0.454 e. The lowest BCUT2D eigenvalue weighted by Crippen LogP contribution is -2.08. The van der Waals surface area contributed by atoms with Gasteiger partial charge in [0.15, 0.2) is 11.5 Å². The van der Waals surface area contributed by atoms with Gasteiger partial charge in [-0.05, 0) is 6.07 Å². The molecule has 14 heavy (non-hydrogen) atoms. The standard InChI is InChI=1S/C9H8F2O3/c10-9(11)7(12)5-2-1-3-6-8(5)14-4-13-6/h1-3,7,9,12H,4H2. The molecule has 1 atom stereocenters. The number of para-hydroxylation sites is 1. The molecule has 3 nitrogen and oxygen atoms in total. The molecule has 2 rings (SSSR count). The fourth-order valence-electron chi connectivity index (χ4n) is 1.32. The number of aliphatic hydroxyl groups excluding tert-OH is 1. The zero-order chi connectivity index (χ0) is 10.1. The molecule has 1 aliphatic heterocycles. The number of rotatable bonds is 2. The van der Waals surface area contributed by atoms with Gasteiger partial charge in [-0.1, -0.05) is 12.1 Å². The Bertz CT molecular complexity index is 341. The van der Waals surface area contributed by atoms with Gasteiger partial charge in [0.25, 0.3) is 6.43 Å². The predicted octanol–water partition coefficient (Wildman–Crippen LogP) is 1.71. The summed E-state index contributed by atoms with van der Waals surface area (Å²) in [5, 5.41) is 9.18. The monoisotopic (exact) mass is 202 g/mol. The van der Waals surface area contributed by atoms with Crippen molar-refractivity contribution in [2.45, 2.75) is 12.5 Å². The van der Waals surface area contributed by atoms with Gasteiger partial charge in [0.2, 0.25) is 6.79 Å². The van der Waals surface area contributed by atoms with E-state index in [1.165, 1.54) is 12.1 Å². The fraction of sp³-hybridized carbons (Fsp3) is 0.333. The Morgan fingerprint density at radius 3 is 2.79 bits per heavy atom. The molecule has 0 fully saturated rings. The Kier molecular flexibility index (Phi) is 2.25. The van der Waals surface area contributed by atoms with Crippen LogP contribution in [0.5, 0.6) is 11.5 Å². The van der Waals surface area contributed by atoms with Gasteiger partial charge >= 0.3 is 0 Å². The maximum atomic E-state index is 12.2. The fourth-order valence-corrected chi connectivity index (χ4v) is 1.32. The molecule has 1 aromatic rings. The average molecular weight is 202 g/mol. The van der Waals surface area contributed by atoms with E-state index in [0.717, 1.165) is 0 Å². The number of aliphatic hydroxyl groups is 1. The molecule has 76 valence electrons. The molecule has 0 aliphatic carbocycles. The Morgan fingerprint density at radius 1 is 1.29 bits per heavy atom. The van der Waals surface area contributed by atoms with E-state index >= 15 is 0 Å². The summed E-state index contributed by atoms with van der Waals surface area (Å²) in [5.74, 6) is 0.600. The van der Waals surface area contributed by atoms with Crippen LogP contribution in [0.15, 0.2) is 18.2 Å². The smallest absolute Gasteiger partial charge is 0.268 e. The van der Waals surface area contributed by atoms with Crippen LogP contribution in [0.25, 0.3) is 0 Å². The van der Waals surface area contributed by atoms with Crippen molar-refractivity contribution in [2.75, 3.05) is 6.79 Å². The molecule has 1 unspecified atom stereocenters. The van der Waals surface area contributed by atoms with Crippen LogP contribution in [0, 0.1) is 0 Å². The van der Waals surface area contributed by atoms with E-state index in [1.807, 2.05) is 0 Å². The van der Waals surface area contributed by atoms with Crippen LogP contribution < -0.4 is 9.47 Å². The third-order valence-corrected chi connectivity index (χ3v) is 1.98. The molecule has 0 saturated heterocycles. The molecule has 5 heteroatoms. The molecule has 1 aromatic carbocycles. The second kappa shape index (κ2) is 3.42. The SMILES string of the molecule is OC(c1cccc2c1OCO2)C(F)F. The van der Waals surface area contributed by atoms with Gasteiger partial charge in [-0.3, -0.25) is 0 Å². The second-order valence-corrected chi connectivity index (χ2v) is 2.86. The van der Waals surface area contributed by atoms with Crippen LogP contribution in [0.3, 0.4) is 0 Å².